The van der Waals surface area contributed by atoms with E-state index in [-0.39, 0.29) is 17.0 Å². The Kier molecular flexibility index (Phi) is 8.60. The van der Waals surface area contributed by atoms with Crippen molar-refractivity contribution in [2.45, 2.75) is 63.3 Å². The van der Waals surface area contributed by atoms with E-state index >= 15 is 0 Å². The number of nitrogens with zero attached hydrogens (tertiary/aromatic N) is 1. The Morgan fingerprint density at radius 2 is 1.61 bits per heavy atom. The van der Waals surface area contributed by atoms with Crippen molar-refractivity contribution in [3.05, 3.63) is 89.5 Å². The first-order valence-electron chi connectivity index (χ1n) is 12.8. The van der Waals surface area contributed by atoms with E-state index in [2.05, 4.69) is 0 Å². The van der Waals surface area contributed by atoms with Gasteiger partial charge in [-0.05, 0) is 72.2 Å². The van der Waals surface area contributed by atoms with Gasteiger partial charge in [0.1, 0.15) is 0 Å². The van der Waals surface area contributed by atoms with Gasteiger partial charge < -0.3 is 5.11 Å². The molecule has 1 saturated carbocycles. The number of rotatable bonds is 10. The van der Waals surface area contributed by atoms with E-state index < -0.39 is 16.0 Å². The van der Waals surface area contributed by atoms with Crippen LogP contribution in [0, 0.1) is 12.8 Å². The highest BCUT2D eigenvalue weighted by Gasteiger charge is 2.26. The van der Waals surface area contributed by atoms with Gasteiger partial charge in [-0.15, -0.1) is 0 Å². The number of carboxylic acid groups (broad SMARTS) is 1. The van der Waals surface area contributed by atoms with E-state index in [0.717, 1.165) is 29.5 Å². The van der Waals surface area contributed by atoms with Gasteiger partial charge in [0.15, 0.2) is 0 Å². The van der Waals surface area contributed by atoms with Gasteiger partial charge in [-0.3, -0.25) is 0 Å². The summed E-state index contributed by atoms with van der Waals surface area (Å²) in [5.74, 6) is -0.316. The van der Waals surface area contributed by atoms with Gasteiger partial charge >= 0.3 is 5.97 Å². The monoisotopic (exact) mass is 505 g/mol. The van der Waals surface area contributed by atoms with Crippen LogP contribution in [0.4, 0.5) is 0 Å². The van der Waals surface area contributed by atoms with Crippen molar-refractivity contribution in [2.75, 3.05) is 6.54 Å². The number of aromatic carboxylic acids is 1. The summed E-state index contributed by atoms with van der Waals surface area (Å²) in [5, 5.41) is 9.80. The standard InChI is InChI=1S/C30H35NO4S/c1-23-11-8-9-17-27(23)29-21-25(18-19-28(29)30(32)33)22-31(20-10-14-24-12-4-2-5-13-24)36(34,35)26-15-6-3-7-16-26/h3,6-9,11,15-19,21,24H,2,4-5,10,12-14,20,22H2,1H3,(H,32,33). The quantitative estimate of drug-likeness (QED) is 0.325. The maximum Gasteiger partial charge on any atom is 0.336 e. The molecule has 0 aromatic heterocycles. The number of aryl methyl sites for hydroxylation is 1. The first-order valence-corrected chi connectivity index (χ1v) is 14.3. The molecule has 0 unspecified atom stereocenters. The van der Waals surface area contributed by atoms with E-state index in [1.165, 1.54) is 32.1 Å². The minimum atomic E-state index is -3.70. The van der Waals surface area contributed by atoms with E-state index in [1.807, 2.05) is 43.3 Å². The van der Waals surface area contributed by atoms with Gasteiger partial charge in [0.25, 0.3) is 0 Å². The topological polar surface area (TPSA) is 74.7 Å². The molecule has 6 heteroatoms. The van der Waals surface area contributed by atoms with Gasteiger partial charge in [-0.1, -0.05) is 80.6 Å². The smallest absolute Gasteiger partial charge is 0.336 e. The largest absolute Gasteiger partial charge is 0.478 e. The van der Waals surface area contributed by atoms with Crippen LogP contribution in [-0.4, -0.2) is 30.3 Å². The third-order valence-corrected chi connectivity index (χ3v) is 9.09. The second-order valence-corrected chi connectivity index (χ2v) is 11.7. The van der Waals surface area contributed by atoms with Crippen molar-refractivity contribution in [3.8, 4) is 11.1 Å². The minimum Gasteiger partial charge on any atom is -0.478 e. The summed E-state index contributed by atoms with van der Waals surface area (Å²) in [4.78, 5) is 12.3. The lowest BCUT2D eigenvalue weighted by molar-refractivity contribution is 0.0697. The molecule has 1 N–H and O–H groups in total. The van der Waals surface area contributed by atoms with Crippen molar-refractivity contribution in [3.63, 3.8) is 0 Å². The Labute approximate surface area is 214 Å². The summed E-state index contributed by atoms with van der Waals surface area (Å²) in [6.45, 7) is 2.58. The van der Waals surface area contributed by atoms with Crippen molar-refractivity contribution >= 4 is 16.0 Å². The van der Waals surface area contributed by atoms with Gasteiger partial charge in [-0.25, -0.2) is 13.2 Å². The average Bonchev–Trinajstić information content (AvgIpc) is 2.89. The molecule has 0 radical (unpaired) electrons. The van der Waals surface area contributed by atoms with Crippen LogP contribution < -0.4 is 0 Å². The third-order valence-electron chi connectivity index (χ3n) is 7.23. The summed E-state index contributed by atoms with van der Waals surface area (Å²) >= 11 is 0. The van der Waals surface area contributed by atoms with E-state index in [4.69, 9.17) is 0 Å². The minimum absolute atomic E-state index is 0.195. The summed E-state index contributed by atoms with van der Waals surface area (Å²) in [6.07, 6.45) is 8.18. The Balaban J connectivity index is 1.64. The molecule has 3 aromatic carbocycles. The molecule has 0 atom stereocenters. The van der Waals surface area contributed by atoms with E-state index in [0.29, 0.717) is 18.0 Å². The molecule has 0 aliphatic heterocycles. The predicted octanol–water partition coefficient (Wildman–Crippen LogP) is 6.91. The molecule has 3 aromatic rings. The Hall–Kier alpha value is -2.96. The number of benzene rings is 3. The fraction of sp³-hybridized carbons (Fsp3) is 0.367. The summed E-state index contributed by atoms with van der Waals surface area (Å²) in [7, 11) is -3.70. The lowest BCUT2D eigenvalue weighted by Crippen LogP contribution is -2.32. The molecule has 36 heavy (non-hydrogen) atoms. The third kappa shape index (κ3) is 6.23. The zero-order chi connectivity index (χ0) is 25.5. The Morgan fingerprint density at radius 3 is 2.31 bits per heavy atom. The lowest BCUT2D eigenvalue weighted by Gasteiger charge is -2.25. The highest BCUT2D eigenvalue weighted by Crippen LogP contribution is 2.31. The maximum absolute atomic E-state index is 13.6. The highest BCUT2D eigenvalue weighted by molar-refractivity contribution is 7.89. The van der Waals surface area contributed by atoms with Gasteiger partial charge in [0.05, 0.1) is 10.5 Å². The summed E-state index contributed by atoms with van der Waals surface area (Å²) in [6, 6.07) is 21.4. The fourth-order valence-corrected chi connectivity index (χ4v) is 6.72. The van der Waals surface area contributed by atoms with Crippen LogP contribution in [0.5, 0.6) is 0 Å². The van der Waals surface area contributed by atoms with Crippen LogP contribution in [0.2, 0.25) is 0 Å². The normalized spacial score (nSPS) is 14.7. The molecule has 190 valence electrons. The lowest BCUT2D eigenvalue weighted by atomic mass is 9.86. The highest BCUT2D eigenvalue weighted by atomic mass is 32.2. The Bertz CT molecular complexity index is 1280. The van der Waals surface area contributed by atoms with Crippen LogP contribution in [0.15, 0.2) is 77.7 Å². The molecule has 0 spiro atoms. The van der Waals surface area contributed by atoms with Crippen molar-refractivity contribution in [1.82, 2.24) is 4.31 Å². The molecule has 0 bridgehead atoms. The predicted molar refractivity (Wildman–Crippen MR) is 143 cm³/mol. The van der Waals surface area contributed by atoms with Crippen LogP contribution in [-0.2, 0) is 16.6 Å². The first-order chi connectivity index (χ1) is 17.4. The average molecular weight is 506 g/mol. The van der Waals surface area contributed by atoms with E-state index in [9.17, 15) is 18.3 Å². The Morgan fingerprint density at radius 1 is 0.917 bits per heavy atom. The van der Waals surface area contributed by atoms with Crippen LogP contribution in [0.3, 0.4) is 0 Å². The van der Waals surface area contributed by atoms with Crippen molar-refractivity contribution in [1.29, 1.82) is 0 Å². The number of carboxylic acids is 1. The molecular weight excluding hydrogens is 470 g/mol. The van der Waals surface area contributed by atoms with Gasteiger partial charge in [0.2, 0.25) is 10.0 Å². The van der Waals surface area contributed by atoms with Crippen molar-refractivity contribution in [2.24, 2.45) is 5.92 Å². The SMILES string of the molecule is Cc1ccccc1-c1cc(CN(CCCC2CCCCC2)S(=O)(=O)c2ccccc2)ccc1C(=O)O. The molecule has 5 nitrogen and oxygen atoms in total. The van der Waals surface area contributed by atoms with Gasteiger partial charge in [0, 0.05) is 13.1 Å². The molecule has 0 amide bonds. The van der Waals surface area contributed by atoms with Gasteiger partial charge in [-0.2, -0.15) is 4.31 Å². The fourth-order valence-electron chi connectivity index (χ4n) is 5.24. The number of carbonyl (C=O) groups is 1. The molecular formula is C30H35NO4S. The zero-order valence-electron chi connectivity index (χ0n) is 20.9. The molecule has 1 fully saturated rings. The number of hydrogen-bond donors (Lipinski definition) is 1. The van der Waals surface area contributed by atoms with Crippen LogP contribution in [0.25, 0.3) is 11.1 Å². The summed E-state index contributed by atoms with van der Waals surface area (Å²) in [5.41, 5.74) is 3.40. The molecule has 4 rings (SSSR count). The first kappa shape index (κ1) is 26.1. The zero-order valence-corrected chi connectivity index (χ0v) is 21.7. The molecule has 1 aliphatic rings. The maximum atomic E-state index is 13.6. The van der Waals surface area contributed by atoms with E-state index in [1.54, 1.807) is 40.7 Å². The number of hydrogen-bond acceptors (Lipinski definition) is 3. The molecule has 1 aliphatic carbocycles. The van der Waals surface area contributed by atoms with Crippen molar-refractivity contribution < 1.29 is 18.3 Å². The van der Waals surface area contributed by atoms with Crippen LogP contribution in [0.1, 0.15) is 66.4 Å². The van der Waals surface area contributed by atoms with Crippen LogP contribution >= 0.6 is 0 Å². The molecule has 0 heterocycles. The molecule has 0 saturated heterocycles. The summed E-state index contributed by atoms with van der Waals surface area (Å²) < 4.78 is 28.8. The second kappa shape index (κ2) is 11.8. The number of sulfonamides is 1. The second-order valence-electron chi connectivity index (χ2n) is 9.80.